The van der Waals surface area contributed by atoms with E-state index in [0.29, 0.717) is 62.1 Å². The highest BCUT2D eigenvalue weighted by Crippen LogP contribution is 2.42. The van der Waals surface area contributed by atoms with Gasteiger partial charge in [0.15, 0.2) is 5.82 Å². The second kappa shape index (κ2) is 10.3. The Morgan fingerprint density at radius 3 is 2.62 bits per heavy atom. The van der Waals surface area contributed by atoms with E-state index in [1.54, 1.807) is 24.1 Å². The number of rotatable bonds is 5. The molecule has 202 valence electrons. The summed E-state index contributed by atoms with van der Waals surface area (Å²) in [6.07, 6.45) is 0. The lowest BCUT2D eigenvalue weighted by Gasteiger charge is -2.44. The topological polar surface area (TPSA) is 82.0 Å². The third-order valence-electron chi connectivity index (χ3n) is 7.48. The molecule has 3 aromatic carbocycles. The van der Waals surface area contributed by atoms with E-state index in [1.807, 2.05) is 29.2 Å². The van der Waals surface area contributed by atoms with Crippen LogP contribution in [-0.4, -0.2) is 84.2 Å². The number of likely N-dealkylation sites (N-methyl/N-ethyl adjacent to an activating group) is 1. The van der Waals surface area contributed by atoms with E-state index in [2.05, 4.69) is 9.88 Å². The number of alkyl halides is 1. The number of hydrogen-bond donors (Lipinski definition) is 1. The molecule has 2 aliphatic rings. The predicted molar refractivity (Wildman–Crippen MR) is 152 cm³/mol. The van der Waals surface area contributed by atoms with Crippen LogP contribution < -0.4 is 9.80 Å². The quantitative estimate of drug-likeness (QED) is 0.350. The number of amides is 1. The van der Waals surface area contributed by atoms with Crippen LogP contribution in [-0.2, 0) is 9.53 Å². The van der Waals surface area contributed by atoms with Crippen LogP contribution in [0.3, 0.4) is 0 Å². The second-order valence-electron chi connectivity index (χ2n) is 9.80. The average Bonchev–Trinajstić information content (AvgIpc) is 2.92. The number of aromatic nitrogens is 2. The van der Waals surface area contributed by atoms with Crippen molar-refractivity contribution in [1.82, 2.24) is 14.9 Å². The molecular formula is C28H26Cl2FN5O3. The molecule has 8 nitrogen and oxygen atoms in total. The molecule has 39 heavy (non-hydrogen) atoms. The molecule has 6 rings (SSSR count). The largest absolute Gasteiger partial charge is 0.508 e. The zero-order valence-electron chi connectivity index (χ0n) is 21.2. The van der Waals surface area contributed by atoms with E-state index >= 15 is 4.39 Å². The molecule has 0 aliphatic carbocycles. The number of morpholine rings is 1. The van der Waals surface area contributed by atoms with Crippen molar-refractivity contribution in [3.63, 3.8) is 0 Å². The SMILES string of the molecule is CN(C(=O)CCl)C1CN(c2nc(N3CCOCC3)c3cc(Cl)c(-c4cc(O)cc5ccccc45)c(F)c3n2)C1. The van der Waals surface area contributed by atoms with Crippen LogP contribution in [0, 0.1) is 5.82 Å². The van der Waals surface area contributed by atoms with Crippen molar-refractivity contribution < 1.29 is 19.0 Å². The number of fused-ring (bicyclic) bond motifs is 2. The summed E-state index contributed by atoms with van der Waals surface area (Å²) in [6.45, 7) is 3.26. The minimum atomic E-state index is -0.585. The number of halogens is 3. The van der Waals surface area contributed by atoms with Crippen LogP contribution in [0.5, 0.6) is 5.75 Å². The molecule has 1 N–H and O–H groups in total. The molecule has 2 saturated heterocycles. The molecule has 3 heterocycles. The lowest BCUT2D eigenvalue weighted by atomic mass is 9.96. The van der Waals surface area contributed by atoms with Gasteiger partial charge in [-0.15, -0.1) is 11.6 Å². The van der Waals surface area contributed by atoms with Crippen molar-refractivity contribution in [3.05, 3.63) is 53.3 Å². The van der Waals surface area contributed by atoms with Gasteiger partial charge in [0.2, 0.25) is 11.9 Å². The number of phenolic OH excluding ortho intramolecular Hbond substituents is 1. The monoisotopic (exact) mass is 569 g/mol. The fourth-order valence-corrected chi connectivity index (χ4v) is 5.72. The van der Waals surface area contributed by atoms with E-state index in [-0.39, 0.29) is 39.7 Å². The molecule has 0 saturated carbocycles. The molecule has 2 aliphatic heterocycles. The van der Waals surface area contributed by atoms with Crippen molar-refractivity contribution in [2.45, 2.75) is 6.04 Å². The minimum Gasteiger partial charge on any atom is -0.508 e. The number of nitrogens with zero attached hydrogens (tertiary/aromatic N) is 5. The highest BCUT2D eigenvalue weighted by molar-refractivity contribution is 6.35. The van der Waals surface area contributed by atoms with Gasteiger partial charge in [0.05, 0.1) is 24.3 Å². The van der Waals surface area contributed by atoms with E-state index in [1.165, 1.54) is 6.07 Å². The molecular weight excluding hydrogens is 544 g/mol. The number of aromatic hydroxyl groups is 1. The summed E-state index contributed by atoms with van der Waals surface area (Å²) in [5.41, 5.74) is 0.790. The lowest BCUT2D eigenvalue weighted by Crippen LogP contribution is -2.60. The van der Waals surface area contributed by atoms with Crippen molar-refractivity contribution in [3.8, 4) is 16.9 Å². The Balaban J connectivity index is 1.50. The van der Waals surface area contributed by atoms with E-state index < -0.39 is 5.82 Å². The Morgan fingerprint density at radius 1 is 1.13 bits per heavy atom. The highest BCUT2D eigenvalue weighted by atomic mass is 35.5. The summed E-state index contributed by atoms with van der Waals surface area (Å²) in [7, 11) is 1.72. The van der Waals surface area contributed by atoms with Crippen molar-refractivity contribution in [2.75, 3.05) is 62.1 Å². The Kier molecular flexibility index (Phi) is 6.82. The zero-order chi connectivity index (χ0) is 27.3. The summed E-state index contributed by atoms with van der Waals surface area (Å²) in [4.78, 5) is 27.1. The Bertz CT molecular complexity index is 1590. The first kappa shape index (κ1) is 25.9. The first-order chi connectivity index (χ1) is 18.9. The zero-order valence-corrected chi connectivity index (χ0v) is 22.7. The maximum atomic E-state index is 16.6. The predicted octanol–water partition coefficient (Wildman–Crippen LogP) is 4.67. The van der Waals surface area contributed by atoms with Gasteiger partial charge in [-0.1, -0.05) is 35.9 Å². The summed E-state index contributed by atoms with van der Waals surface area (Å²) in [5.74, 6) is 0.147. The van der Waals surface area contributed by atoms with Gasteiger partial charge >= 0.3 is 0 Å². The van der Waals surface area contributed by atoms with Gasteiger partial charge in [0.25, 0.3) is 0 Å². The van der Waals surface area contributed by atoms with Crippen LogP contribution in [0.15, 0.2) is 42.5 Å². The maximum Gasteiger partial charge on any atom is 0.237 e. The molecule has 0 spiro atoms. The maximum absolute atomic E-state index is 16.6. The first-order valence-electron chi connectivity index (χ1n) is 12.7. The lowest BCUT2D eigenvalue weighted by molar-refractivity contribution is -0.129. The first-order valence-corrected chi connectivity index (χ1v) is 13.6. The van der Waals surface area contributed by atoms with Gasteiger partial charge in [0, 0.05) is 44.2 Å². The summed E-state index contributed by atoms with van der Waals surface area (Å²) in [5, 5.41) is 12.6. The fraction of sp³-hybridized carbons (Fsp3) is 0.321. The number of benzene rings is 3. The molecule has 1 aromatic heterocycles. The Hall–Kier alpha value is -3.40. The Labute approximate surface area is 234 Å². The summed E-state index contributed by atoms with van der Waals surface area (Å²) in [6, 6.07) is 12.3. The number of carbonyl (C=O) groups is 1. The van der Waals surface area contributed by atoms with Crippen LogP contribution >= 0.6 is 23.2 Å². The van der Waals surface area contributed by atoms with E-state index in [4.69, 9.17) is 32.9 Å². The summed E-state index contributed by atoms with van der Waals surface area (Å²) >= 11 is 12.5. The molecule has 0 atom stereocenters. The molecule has 4 aromatic rings. The van der Waals surface area contributed by atoms with Crippen LogP contribution in [0.1, 0.15) is 0 Å². The number of hydrogen-bond acceptors (Lipinski definition) is 7. The standard InChI is InChI=1S/C28H26Cl2FN5O3/c1-34(23(38)13-29)17-14-36(15-17)28-32-26-21(27(33-28)35-6-8-39-9-7-35)12-22(30)24(25(26)31)20-11-18(37)10-16-4-2-3-5-19(16)20/h2-5,10-12,17,37H,6-9,13-15H2,1H3. The normalized spacial score (nSPS) is 16.1. The Morgan fingerprint density at radius 2 is 1.87 bits per heavy atom. The van der Waals surface area contributed by atoms with Gasteiger partial charge in [-0.25, -0.2) is 9.37 Å². The van der Waals surface area contributed by atoms with Crippen molar-refractivity contribution >= 4 is 62.6 Å². The van der Waals surface area contributed by atoms with Crippen LogP contribution in [0.2, 0.25) is 5.02 Å². The number of phenols is 1. The fourth-order valence-electron chi connectivity index (χ4n) is 5.24. The summed E-state index contributed by atoms with van der Waals surface area (Å²) < 4.78 is 22.1. The van der Waals surface area contributed by atoms with Crippen molar-refractivity contribution in [2.24, 2.45) is 0 Å². The molecule has 0 bridgehead atoms. The van der Waals surface area contributed by atoms with Crippen LogP contribution in [0.25, 0.3) is 32.8 Å². The molecule has 2 fully saturated rings. The van der Waals surface area contributed by atoms with E-state index in [9.17, 15) is 9.90 Å². The third kappa shape index (κ3) is 4.58. The molecule has 1 amide bonds. The number of ether oxygens (including phenoxy) is 1. The number of anilines is 2. The van der Waals surface area contributed by atoms with Gasteiger partial charge in [-0.2, -0.15) is 4.98 Å². The number of carbonyl (C=O) groups excluding carboxylic acids is 1. The second-order valence-corrected chi connectivity index (χ2v) is 10.5. The van der Waals surface area contributed by atoms with Gasteiger partial charge in [-0.3, -0.25) is 4.79 Å². The molecule has 0 unspecified atom stereocenters. The van der Waals surface area contributed by atoms with Gasteiger partial charge in [0.1, 0.15) is 23.0 Å². The highest BCUT2D eigenvalue weighted by Gasteiger charge is 2.35. The smallest absolute Gasteiger partial charge is 0.237 e. The molecule has 11 heteroatoms. The van der Waals surface area contributed by atoms with Crippen molar-refractivity contribution in [1.29, 1.82) is 0 Å². The van der Waals surface area contributed by atoms with Gasteiger partial charge < -0.3 is 24.5 Å². The average molecular weight is 570 g/mol. The third-order valence-corrected chi connectivity index (χ3v) is 8.00. The minimum absolute atomic E-state index is 0.0129. The van der Waals surface area contributed by atoms with Crippen LogP contribution in [0.4, 0.5) is 16.2 Å². The van der Waals surface area contributed by atoms with Gasteiger partial charge in [-0.05, 0) is 34.5 Å². The van der Waals surface area contributed by atoms with E-state index in [0.717, 1.165) is 10.8 Å². The molecule has 0 radical (unpaired) electrons.